The number of fused-ring (bicyclic) bond motifs is 1. The highest BCUT2D eigenvalue weighted by molar-refractivity contribution is 7.13. The van der Waals surface area contributed by atoms with Crippen LogP contribution < -0.4 is 4.90 Å². The molecule has 2 fully saturated rings. The van der Waals surface area contributed by atoms with Crippen LogP contribution in [0.3, 0.4) is 0 Å². The lowest BCUT2D eigenvalue weighted by Gasteiger charge is -2.34. The summed E-state index contributed by atoms with van der Waals surface area (Å²) in [6.07, 6.45) is 2.52. The van der Waals surface area contributed by atoms with Crippen molar-refractivity contribution in [3.8, 4) is 0 Å². The van der Waals surface area contributed by atoms with Crippen LogP contribution in [-0.4, -0.2) is 40.6 Å². The molecule has 1 aliphatic heterocycles. The van der Waals surface area contributed by atoms with Gasteiger partial charge in [0.15, 0.2) is 0 Å². The van der Waals surface area contributed by atoms with E-state index < -0.39 is 0 Å². The van der Waals surface area contributed by atoms with Crippen molar-refractivity contribution in [2.45, 2.75) is 25.3 Å². The second-order valence-corrected chi connectivity index (χ2v) is 7.57. The number of anilines is 1. The molecule has 5 rings (SSSR count). The Morgan fingerprint density at radius 2 is 1.96 bits per heavy atom. The fourth-order valence-corrected chi connectivity index (χ4v) is 4.21. The number of nitrogens with zero attached hydrogens (tertiary/aromatic N) is 4. The molecule has 6 heteroatoms. The van der Waals surface area contributed by atoms with Crippen molar-refractivity contribution < 1.29 is 4.52 Å². The molecule has 124 valence electrons. The summed E-state index contributed by atoms with van der Waals surface area (Å²) in [7, 11) is 0. The first-order valence-electron chi connectivity index (χ1n) is 8.64. The Hall–Kier alpha value is -1.92. The first-order valence-corrected chi connectivity index (χ1v) is 9.41. The molecule has 0 atom stereocenters. The molecular weight excluding hydrogens is 320 g/mol. The van der Waals surface area contributed by atoms with E-state index in [1.165, 1.54) is 22.9 Å². The third kappa shape index (κ3) is 2.70. The van der Waals surface area contributed by atoms with Crippen LogP contribution >= 0.6 is 11.5 Å². The van der Waals surface area contributed by atoms with Crippen molar-refractivity contribution in [1.29, 1.82) is 0 Å². The molecule has 0 amide bonds. The quantitative estimate of drug-likeness (QED) is 0.727. The van der Waals surface area contributed by atoms with Gasteiger partial charge in [0.05, 0.1) is 10.4 Å². The van der Waals surface area contributed by atoms with Crippen LogP contribution in [0.15, 0.2) is 34.9 Å². The average molecular weight is 340 g/mol. The highest BCUT2D eigenvalue weighted by atomic mass is 32.1. The van der Waals surface area contributed by atoms with Crippen LogP contribution in [-0.2, 0) is 6.54 Å². The lowest BCUT2D eigenvalue weighted by molar-refractivity contribution is 0.241. The number of hydrogen-bond donors (Lipinski definition) is 0. The standard InChI is InChI=1S/C18H20N4OS/c1-2-4-17-15(3-1)18(20-24-17)22-9-7-21(8-10-22)12-14-11-16(23-19-14)13-5-6-13/h1-4,11,13H,5-10,12H2. The maximum atomic E-state index is 5.46. The van der Waals surface area contributed by atoms with Gasteiger partial charge in [0.2, 0.25) is 0 Å². The largest absolute Gasteiger partial charge is 0.361 e. The van der Waals surface area contributed by atoms with Gasteiger partial charge in [0.1, 0.15) is 11.6 Å². The summed E-state index contributed by atoms with van der Waals surface area (Å²) >= 11 is 1.59. The molecule has 0 N–H and O–H groups in total. The molecule has 0 bridgehead atoms. The van der Waals surface area contributed by atoms with Gasteiger partial charge in [-0.3, -0.25) is 4.90 Å². The zero-order valence-corrected chi connectivity index (χ0v) is 14.3. The summed E-state index contributed by atoms with van der Waals surface area (Å²) in [6.45, 7) is 5.00. The van der Waals surface area contributed by atoms with Gasteiger partial charge in [-0.15, -0.1) is 0 Å². The van der Waals surface area contributed by atoms with Crippen molar-refractivity contribution in [1.82, 2.24) is 14.4 Å². The zero-order chi connectivity index (χ0) is 15.9. The molecular formula is C18H20N4OS. The predicted molar refractivity (Wildman–Crippen MR) is 95.6 cm³/mol. The van der Waals surface area contributed by atoms with E-state index >= 15 is 0 Å². The lowest BCUT2D eigenvalue weighted by atomic mass is 10.2. The molecule has 1 saturated carbocycles. The van der Waals surface area contributed by atoms with Gasteiger partial charge in [-0.2, -0.15) is 4.37 Å². The molecule has 1 aliphatic carbocycles. The topological polar surface area (TPSA) is 45.4 Å². The Labute approximate surface area is 145 Å². The third-order valence-corrected chi connectivity index (χ3v) is 5.79. The summed E-state index contributed by atoms with van der Waals surface area (Å²) in [5.74, 6) is 2.87. The Morgan fingerprint density at radius 3 is 2.79 bits per heavy atom. The maximum absolute atomic E-state index is 5.46. The SMILES string of the molecule is c1ccc2c(N3CCN(Cc4cc(C5CC5)on4)CC3)nsc2c1. The van der Waals surface area contributed by atoms with Crippen LogP contribution in [0.4, 0.5) is 5.82 Å². The monoisotopic (exact) mass is 340 g/mol. The fraction of sp³-hybridized carbons (Fsp3) is 0.444. The van der Waals surface area contributed by atoms with Gasteiger partial charge < -0.3 is 9.42 Å². The van der Waals surface area contributed by atoms with E-state index in [0.29, 0.717) is 5.92 Å². The lowest BCUT2D eigenvalue weighted by Crippen LogP contribution is -2.46. The third-order valence-electron chi connectivity index (χ3n) is 4.97. The molecule has 24 heavy (non-hydrogen) atoms. The van der Waals surface area contributed by atoms with E-state index in [-0.39, 0.29) is 0 Å². The molecule has 2 aliphatic rings. The van der Waals surface area contributed by atoms with Gasteiger partial charge >= 0.3 is 0 Å². The van der Waals surface area contributed by atoms with E-state index in [0.717, 1.165) is 50.0 Å². The smallest absolute Gasteiger partial charge is 0.150 e. The minimum atomic E-state index is 0.640. The van der Waals surface area contributed by atoms with E-state index in [2.05, 4.69) is 49.7 Å². The predicted octanol–water partition coefficient (Wildman–Crippen LogP) is 3.48. The second kappa shape index (κ2) is 5.86. The number of piperazine rings is 1. The van der Waals surface area contributed by atoms with Gasteiger partial charge in [-0.25, -0.2) is 0 Å². The Kier molecular flexibility index (Phi) is 3.52. The molecule has 2 aromatic heterocycles. The highest BCUT2D eigenvalue weighted by Gasteiger charge is 2.28. The van der Waals surface area contributed by atoms with Gasteiger partial charge in [0, 0.05) is 50.1 Å². The second-order valence-electron chi connectivity index (χ2n) is 6.76. The average Bonchev–Trinajstić information content (AvgIpc) is 3.22. The van der Waals surface area contributed by atoms with Crippen molar-refractivity contribution >= 4 is 27.4 Å². The molecule has 0 unspecified atom stereocenters. The molecule has 5 nitrogen and oxygen atoms in total. The maximum Gasteiger partial charge on any atom is 0.150 e. The Morgan fingerprint density at radius 1 is 1.12 bits per heavy atom. The van der Waals surface area contributed by atoms with Crippen LogP contribution in [0.1, 0.15) is 30.2 Å². The van der Waals surface area contributed by atoms with E-state index in [4.69, 9.17) is 4.52 Å². The van der Waals surface area contributed by atoms with Crippen molar-refractivity contribution in [2.24, 2.45) is 0 Å². The number of aromatic nitrogens is 2. The fourth-order valence-electron chi connectivity index (χ4n) is 3.41. The van der Waals surface area contributed by atoms with Crippen LogP contribution in [0.25, 0.3) is 10.1 Å². The van der Waals surface area contributed by atoms with Crippen molar-refractivity contribution in [2.75, 3.05) is 31.1 Å². The summed E-state index contributed by atoms with van der Waals surface area (Å²) in [5.41, 5.74) is 1.07. The first-order chi connectivity index (χ1) is 11.9. The Balaban J connectivity index is 1.23. The van der Waals surface area contributed by atoms with Crippen LogP contribution in [0.2, 0.25) is 0 Å². The number of hydrogen-bond acceptors (Lipinski definition) is 6. The molecule has 0 spiro atoms. The van der Waals surface area contributed by atoms with E-state index in [9.17, 15) is 0 Å². The molecule has 1 saturated heterocycles. The Bertz CT molecular complexity index is 845. The van der Waals surface area contributed by atoms with E-state index in [1.807, 2.05) is 0 Å². The highest BCUT2D eigenvalue weighted by Crippen LogP contribution is 2.40. The summed E-state index contributed by atoms with van der Waals surface area (Å²) in [4.78, 5) is 4.87. The van der Waals surface area contributed by atoms with E-state index in [1.54, 1.807) is 11.5 Å². The van der Waals surface area contributed by atoms with Gasteiger partial charge in [0.25, 0.3) is 0 Å². The van der Waals surface area contributed by atoms with Crippen LogP contribution in [0, 0.1) is 0 Å². The summed E-state index contributed by atoms with van der Waals surface area (Å²) in [5, 5.41) is 5.52. The van der Waals surface area contributed by atoms with Gasteiger partial charge in [-0.05, 0) is 36.5 Å². The van der Waals surface area contributed by atoms with Gasteiger partial charge in [-0.1, -0.05) is 17.3 Å². The van der Waals surface area contributed by atoms with Crippen LogP contribution in [0.5, 0.6) is 0 Å². The minimum Gasteiger partial charge on any atom is -0.361 e. The normalized spacial score (nSPS) is 19.2. The molecule has 3 heterocycles. The zero-order valence-electron chi connectivity index (χ0n) is 13.5. The molecule has 3 aromatic rings. The summed E-state index contributed by atoms with van der Waals surface area (Å²) < 4.78 is 11.4. The van der Waals surface area contributed by atoms with Crippen molar-refractivity contribution in [3.63, 3.8) is 0 Å². The first kappa shape index (κ1) is 14.4. The summed E-state index contributed by atoms with van der Waals surface area (Å²) in [6, 6.07) is 10.6. The number of rotatable bonds is 4. The van der Waals surface area contributed by atoms with Crippen molar-refractivity contribution in [3.05, 3.63) is 41.8 Å². The molecule has 1 aromatic carbocycles. The molecule has 0 radical (unpaired) electrons. The minimum absolute atomic E-state index is 0.640. The number of benzene rings is 1.